The summed E-state index contributed by atoms with van der Waals surface area (Å²) in [6.07, 6.45) is -0.218. The van der Waals surface area contributed by atoms with Crippen molar-refractivity contribution in [2.45, 2.75) is 18.7 Å². The molecule has 1 N–H and O–H groups in total. The first-order valence-corrected chi connectivity index (χ1v) is 8.86. The summed E-state index contributed by atoms with van der Waals surface area (Å²) >= 11 is 0. The van der Waals surface area contributed by atoms with Crippen molar-refractivity contribution >= 4 is 17.6 Å². The summed E-state index contributed by atoms with van der Waals surface area (Å²) in [5, 5.41) is 2.86. The topological polar surface area (TPSA) is 61.9 Å². The SMILES string of the molecule is O=C(Nc1ccccc1)N1CC2OCC(=O)N(Cc3ccc(F)cc3)C2C1. The van der Waals surface area contributed by atoms with Crippen LogP contribution < -0.4 is 5.32 Å². The van der Waals surface area contributed by atoms with Crippen LogP contribution in [0.15, 0.2) is 54.6 Å². The van der Waals surface area contributed by atoms with Crippen LogP contribution >= 0.6 is 0 Å². The number of morpholine rings is 1. The molecule has 2 fully saturated rings. The van der Waals surface area contributed by atoms with Crippen molar-refractivity contribution < 1.29 is 18.7 Å². The van der Waals surface area contributed by atoms with Crippen LogP contribution in [-0.2, 0) is 16.1 Å². The van der Waals surface area contributed by atoms with Gasteiger partial charge in [0.1, 0.15) is 12.4 Å². The van der Waals surface area contributed by atoms with Gasteiger partial charge in [-0.25, -0.2) is 9.18 Å². The van der Waals surface area contributed by atoms with Crippen molar-refractivity contribution in [3.05, 3.63) is 66.0 Å². The van der Waals surface area contributed by atoms with Crippen molar-refractivity contribution in [2.75, 3.05) is 25.0 Å². The predicted octanol–water partition coefficient (Wildman–Crippen LogP) is 2.47. The highest BCUT2D eigenvalue weighted by atomic mass is 19.1. The Morgan fingerprint density at radius 1 is 1.11 bits per heavy atom. The van der Waals surface area contributed by atoms with Gasteiger partial charge in [0.2, 0.25) is 5.91 Å². The largest absolute Gasteiger partial charge is 0.364 e. The second-order valence-electron chi connectivity index (χ2n) is 6.77. The summed E-state index contributed by atoms with van der Waals surface area (Å²) in [6, 6.07) is 14.9. The first kappa shape index (κ1) is 17.5. The number of carbonyl (C=O) groups is 2. The molecule has 27 heavy (non-hydrogen) atoms. The molecule has 2 aliphatic rings. The number of rotatable bonds is 3. The smallest absolute Gasteiger partial charge is 0.322 e. The Morgan fingerprint density at radius 3 is 2.59 bits per heavy atom. The van der Waals surface area contributed by atoms with Gasteiger partial charge >= 0.3 is 6.03 Å². The zero-order valence-corrected chi connectivity index (χ0v) is 14.7. The molecule has 2 aliphatic heterocycles. The van der Waals surface area contributed by atoms with E-state index in [1.54, 1.807) is 21.9 Å². The number of anilines is 1. The van der Waals surface area contributed by atoms with Crippen LogP contribution in [0.3, 0.4) is 0 Å². The van der Waals surface area contributed by atoms with Crippen molar-refractivity contribution in [1.82, 2.24) is 9.80 Å². The Labute approximate surface area is 156 Å². The molecule has 2 aromatic carbocycles. The first-order chi connectivity index (χ1) is 13.1. The Morgan fingerprint density at radius 2 is 1.85 bits per heavy atom. The number of urea groups is 1. The number of nitrogens with one attached hydrogen (secondary N) is 1. The van der Waals surface area contributed by atoms with Gasteiger partial charge in [0, 0.05) is 18.8 Å². The van der Waals surface area contributed by atoms with E-state index in [4.69, 9.17) is 4.74 Å². The zero-order valence-electron chi connectivity index (χ0n) is 14.7. The molecule has 2 aromatic rings. The lowest BCUT2D eigenvalue weighted by Crippen LogP contribution is -2.53. The molecule has 0 spiro atoms. The van der Waals surface area contributed by atoms with Crippen LogP contribution in [0.25, 0.3) is 0 Å². The fraction of sp³-hybridized carbons (Fsp3) is 0.300. The lowest BCUT2D eigenvalue weighted by Gasteiger charge is -2.36. The van der Waals surface area contributed by atoms with Gasteiger partial charge in [-0.05, 0) is 29.8 Å². The molecular formula is C20H20FN3O3. The lowest BCUT2D eigenvalue weighted by atomic mass is 10.1. The van der Waals surface area contributed by atoms with E-state index in [1.807, 2.05) is 30.3 Å². The Kier molecular flexibility index (Phi) is 4.77. The van der Waals surface area contributed by atoms with E-state index in [9.17, 15) is 14.0 Å². The number of hydrogen-bond acceptors (Lipinski definition) is 3. The Bertz CT molecular complexity index is 828. The molecule has 4 rings (SSSR count). The van der Waals surface area contributed by atoms with Crippen LogP contribution in [0.1, 0.15) is 5.56 Å². The van der Waals surface area contributed by atoms with Crippen molar-refractivity contribution in [2.24, 2.45) is 0 Å². The predicted molar refractivity (Wildman–Crippen MR) is 97.5 cm³/mol. The number of halogens is 1. The van der Waals surface area contributed by atoms with E-state index in [1.165, 1.54) is 12.1 Å². The number of ether oxygens (including phenoxy) is 1. The van der Waals surface area contributed by atoms with E-state index < -0.39 is 0 Å². The molecule has 2 saturated heterocycles. The highest BCUT2D eigenvalue weighted by molar-refractivity contribution is 5.89. The van der Waals surface area contributed by atoms with Gasteiger partial charge in [-0.2, -0.15) is 0 Å². The van der Waals surface area contributed by atoms with Crippen molar-refractivity contribution in [1.29, 1.82) is 0 Å². The maximum atomic E-state index is 13.1. The Balaban J connectivity index is 1.45. The highest BCUT2D eigenvalue weighted by Crippen LogP contribution is 2.26. The summed E-state index contributed by atoms with van der Waals surface area (Å²) in [5.74, 6) is -0.430. The second-order valence-corrected chi connectivity index (χ2v) is 6.77. The summed E-state index contributed by atoms with van der Waals surface area (Å²) in [7, 11) is 0. The minimum Gasteiger partial charge on any atom is -0.364 e. The minimum absolute atomic E-state index is 0.00347. The molecule has 2 atom stereocenters. The maximum Gasteiger partial charge on any atom is 0.322 e. The maximum absolute atomic E-state index is 13.1. The van der Waals surface area contributed by atoms with E-state index in [2.05, 4.69) is 5.32 Å². The quantitative estimate of drug-likeness (QED) is 0.904. The second kappa shape index (κ2) is 7.36. The number of nitrogens with zero attached hydrogens (tertiary/aromatic N) is 2. The van der Waals surface area contributed by atoms with Crippen molar-refractivity contribution in [3.8, 4) is 0 Å². The number of benzene rings is 2. The third-order valence-corrected chi connectivity index (χ3v) is 4.96. The number of carbonyl (C=O) groups excluding carboxylic acids is 2. The van der Waals surface area contributed by atoms with E-state index >= 15 is 0 Å². The molecule has 3 amide bonds. The van der Waals surface area contributed by atoms with Crippen LogP contribution in [0.5, 0.6) is 0 Å². The van der Waals surface area contributed by atoms with Crippen LogP contribution in [0.2, 0.25) is 0 Å². The van der Waals surface area contributed by atoms with Gasteiger partial charge in [-0.15, -0.1) is 0 Å². The molecule has 7 heteroatoms. The van der Waals surface area contributed by atoms with Crippen LogP contribution in [0, 0.1) is 5.82 Å². The highest BCUT2D eigenvalue weighted by Gasteiger charge is 2.44. The third-order valence-electron chi connectivity index (χ3n) is 4.96. The molecule has 2 heterocycles. The van der Waals surface area contributed by atoms with Crippen LogP contribution in [-0.4, -0.2) is 53.6 Å². The third kappa shape index (κ3) is 3.78. The average molecular weight is 369 g/mol. The van der Waals surface area contributed by atoms with Crippen molar-refractivity contribution in [3.63, 3.8) is 0 Å². The van der Waals surface area contributed by atoms with Gasteiger partial charge in [0.15, 0.2) is 0 Å². The fourth-order valence-corrected chi connectivity index (χ4v) is 3.55. The van der Waals surface area contributed by atoms with E-state index in [0.717, 1.165) is 11.3 Å². The Hall–Kier alpha value is -2.93. The number of amides is 3. The van der Waals surface area contributed by atoms with Gasteiger partial charge in [0.05, 0.1) is 18.7 Å². The molecule has 0 bridgehead atoms. The standard InChI is InChI=1S/C20H20FN3O3/c21-15-8-6-14(7-9-15)10-24-17-11-23(12-18(17)27-13-19(24)25)20(26)22-16-4-2-1-3-5-16/h1-9,17-18H,10-13H2,(H,22,26). The summed E-state index contributed by atoms with van der Waals surface area (Å²) < 4.78 is 18.8. The summed E-state index contributed by atoms with van der Waals surface area (Å²) in [6.45, 7) is 1.20. The number of likely N-dealkylation sites (tertiary alicyclic amines) is 1. The summed E-state index contributed by atoms with van der Waals surface area (Å²) in [4.78, 5) is 28.3. The minimum atomic E-state index is -0.311. The zero-order chi connectivity index (χ0) is 18.8. The molecule has 140 valence electrons. The molecule has 6 nitrogen and oxygen atoms in total. The van der Waals surface area contributed by atoms with E-state index in [0.29, 0.717) is 19.6 Å². The average Bonchev–Trinajstić information content (AvgIpc) is 3.11. The summed E-state index contributed by atoms with van der Waals surface area (Å²) in [5.41, 5.74) is 1.56. The lowest BCUT2D eigenvalue weighted by molar-refractivity contribution is -0.153. The number of fused-ring (bicyclic) bond motifs is 1. The van der Waals surface area contributed by atoms with Gasteiger partial charge < -0.3 is 19.9 Å². The molecule has 0 aromatic heterocycles. The normalized spacial score (nSPS) is 21.9. The van der Waals surface area contributed by atoms with Gasteiger partial charge in [-0.3, -0.25) is 4.79 Å². The monoisotopic (exact) mass is 369 g/mol. The first-order valence-electron chi connectivity index (χ1n) is 8.86. The fourth-order valence-electron chi connectivity index (χ4n) is 3.55. The van der Waals surface area contributed by atoms with Gasteiger partial charge in [0.25, 0.3) is 0 Å². The van der Waals surface area contributed by atoms with Crippen LogP contribution in [0.4, 0.5) is 14.9 Å². The molecule has 0 aliphatic carbocycles. The molecular weight excluding hydrogens is 349 g/mol. The molecule has 2 unspecified atom stereocenters. The van der Waals surface area contributed by atoms with Gasteiger partial charge in [-0.1, -0.05) is 30.3 Å². The molecule has 0 radical (unpaired) electrons. The van der Waals surface area contributed by atoms with E-state index in [-0.39, 0.29) is 36.5 Å². The molecule has 0 saturated carbocycles. The number of para-hydroxylation sites is 1. The number of hydrogen-bond donors (Lipinski definition) is 1.